The molecular weight excluding hydrogens is 246 g/mol. The predicted octanol–water partition coefficient (Wildman–Crippen LogP) is -0.243. The highest BCUT2D eigenvalue weighted by Gasteiger charge is 2.50. The van der Waals surface area contributed by atoms with Crippen LogP contribution in [0, 0.1) is 0 Å². The highest BCUT2D eigenvalue weighted by Crippen LogP contribution is 2.39. The molecule has 1 aliphatic carbocycles. The Kier molecular flexibility index (Phi) is 2.50. The molecule has 6 heteroatoms. The second-order valence-electron chi connectivity index (χ2n) is 5.05. The molecule has 0 radical (unpaired) electrons. The third kappa shape index (κ3) is 1.94. The van der Waals surface area contributed by atoms with E-state index in [0.29, 0.717) is 24.3 Å². The number of amides is 2. The number of benzene rings is 1. The van der Waals surface area contributed by atoms with Gasteiger partial charge >= 0.3 is 0 Å². The van der Waals surface area contributed by atoms with Crippen LogP contribution in [0.3, 0.4) is 0 Å². The van der Waals surface area contributed by atoms with Gasteiger partial charge in [-0.25, -0.2) is 0 Å². The van der Waals surface area contributed by atoms with Gasteiger partial charge in [0, 0.05) is 0 Å². The van der Waals surface area contributed by atoms with Crippen molar-refractivity contribution < 1.29 is 14.3 Å². The first kappa shape index (κ1) is 12.0. The van der Waals surface area contributed by atoms with E-state index in [1.807, 2.05) is 6.07 Å². The molecule has 3 rings (SSSR count). The number of nitrogens with zero attached hydrogens (tertiary/aromatic N) is 1. The minimum Gasteiger partial charge on any atom is -0.477 e. The zero-order chi connectivity index (χ0) is 13.6. The first-order valence-electron chi connectivity index (χ1n) is 6.17. The first-order chi connectivity index (χ1) is 9.01. The summed E-state index contributed by atoms with van der Waals surface area (Å²) in [6, 6.07) is 7.07. The van der Waals surface area contributed by atoms with Crippen molar-refractivity contribution in [1.29, 1.82) is 0 Å². The topological polar surface area (TPSA) is 98.7 Å². The van der Waals surface area contributed by atoms with Crippen LogP contribution in [0.2, 0.25) is 0 Å². The molecule has 0 saturated heterocycles. The molecule has 2 amide bonds. The van der Waals surface area contributed by atoms with E-state index in [2.05, 4.69) is 0 Å². The van der Waals surface area contributed by atoms with Crippen LogP contribution in [0.5, 0.6) is 5.75 Å². The molecule has 1 fully saturated rings. The average Bonchev–Trinajstić information content (AvgIpc) is 3.16. The summed E-state index contributed by atoms with van der Waals surface area (Å²) in [5, 5.41) is 0. The van der Waals surface area contributed by atoms with Crippen LogP contribution in [0.1, 0.15) is 12.8 Å². The van der Waals surface area contributed by atoms with Crippen LogP contribution >= 0.6 is 0 Å². The Morgan fingerprint density at radius 1 is 1.32 bits per heavy atom. The highest BCUT2D eigenvalue weighted by atomic mass is 16.5. The van der Waals surface area contributed by atoms with Crippen molar-refractivity contribution in [3.8, 4) is 5.75 Å². The molecule has 0 aromatic heterocycles. The molecule has 100 valence electrons. The van der Waals surface area contributed by atoms with Crippen molar-refractivity contribution >= 4 is 17.5 Å². The molecule has 19 heavy (non-hydrogen) atoms. The van der Waals surface area contributed by atoms with Crippen LogP contribution in [-0.2, 0) is 9.59 Å². The number of ether oxygens (including phenoxy) is 1. The minimum absolute atomic E-state index is 0.115. The number of anilines is 1. The number of carbonyl (C=O) groups is 2. The molecule has 1 unspecified atom stereocenters. The van der Waals surface area contributed by atoms with Crippen molar-refractivity contribution in [3.05, 3.63) is 24.3 Å². The normalized spacial score (nSPS) is 23.2. The summed E-state index contributed by atoms with van der Waals surface area (Å²) >= 11 is 0. The van der Waals surface area contributed by atoms with Gasteiger partial charge in [-0.15, -0.1) is 0 Å². The standard InChI is InChI=1S/C13H15N3O3/c14-11(17)10-7-16(12(18)13(15)5-6-13)8-3-1-2-4-9(8)19-10/h1-4,10H,5-7,15H2,(H2,14,17). The summed E-state index contributed by atoms with van der Waals surface area (Å²) in [7, 11) is 0. The van der Waals surface area contributed by atoms with Crippen molar-refractivity contribution in [2.45, 2.75) is 24.5 Å². The Morgan fingerprint density at radius 3 is 2.63 bits per heavy atom. The van der Waals surface area contributed by atoms with Crippen molar-refractivity contribution in [2.24, 2.45) is 11.5 Å². The summed E-state index contributed by atoms with van der Waals surface area (Å²) in [6.45, 7) is 0.115. The number of carbonyl (C=O) groups excluding carboxylic acids is 2. The van der Waals surface area contributed by atoms with E-state index in [9.17, 15) is 9.59 Å². The van der Waals surface area contributed by atoms with Crippen molar-refractivity contribution in [1.82, 2.24) is 0 Å². The fourth-order valence-electron chi connectivity index (χ4n) is 2.19. The zero-order valence-corrected chi connectivity index (χ0v) is 10.3. The van der Waals surface area contributed by atoms with E-state index in [0.717, 1.165) is 0 Å². The molecule has 0 spiro atoms. The maximum atomic E-state index is 12.4. The van der Waals surface area contributed by atoms with Gasteiger partial charge in [0.25, 0.3) is 5.91 Å². The zero-order valence-electron chi connectivity index (χ0n) is 10.3. The number of rotatable bonds is 2. The highest BCUT2D eigenvalue weighted by molar-refractivity contribution is 6.04. The van der Waals surface area contributed by atoms with Crippen LogP contribution in [-0.4, -0.2) is 30.0 Å². The molecule has 1 aromatic carbocycles. The largest absolute Gasteiger partial charge is 0.477 e. The van der Waals surface area contributed by atoms with E-state index < -0.39 is 17.6 Å². The van der Waals surface area contributed by atoms with Crippen LogP contribution in [0.4, 0.5) is 5.69 Å². The van der Waals surface area contributed by atoms with Gasteiger partial charge in [-0.05, 0) is 25.0 Å². The van der Waals surface area contributed by atoms with E-state index >= 15 is 0 Å². The molecule has 1 saturated carbocycles. The quantitative estimate of drug-likeness (QED) is 0.767. The average molecular weight is 261 g/mol. The van der Waals surface area contributed by atoms with Gasteiger partial charge in [-0.2, -0.15) is 0 Å². The number of primary amides is 1. The van der Waals surface area contributed by atoms with E-state index in [1.165, 1.54) is 4.90 Å². The SMILES string of the molecule is NC(=O)C1CN(C(=O)C2(N)CC2)c2ccccc2O1. The Hall–Kier alpha value is -2.08. The fourth-order valence-corrected chi connectivity index (χ4v) is 2.19. The van der Waals surface area contributed by atoms with Gasteiger partial charge in [0.1, 0.15) is 5.75 Å². The lowest BCUT2D eigenvalue weighted by atomic mass is 10.1. The fraction of sp³-hybridized carbons (Fsp3) is 0.385. The predicted molar refractivity (Wildman–Crippen MR) is 68.6 cm³/mol. The van der Waals surface area contributed by atoms with Crippen molar-refractivity contribution in [2.75, 3.05) is 11.4 Å². The minimum atomic E-state index is -0.832. The Bertz CT molecular complexity index is 554. The molecule has 1 heterocycles. The molecule has 6 nitrogen and oxygen atoms in total. The van der Waals surface area contributed by atoms with Gasteiger partial charge in [-0.1, -0.05) is 12.1 Å². The molecule has 1 atom stereocenters. The van der Waals surface area contributed by atoms with Gasteiger partial charge < -0.3 is 21.1 Å². The van der Waals surface area contributed by atoms with Crippen LogP contribution in [0.15, 0.2) is 24.3 Å². The summed E-state index contributed by atoms with van der Waals surface area (Å²) in [4.78, 5) is 25.2. The number of para-hydroxylation sites is 2. The number of nitrogens with two attached hydrogens (primary N) is 2. The molecule has 1 aliphatic heterocycles. The van der Waals surface area contributed by atoms with Gasteiger partial charge in [-0.3, -0.25) is 9.59 Å². The summed E-state index contributed by atoms with van der Waals surface area (Å²) < 4.78 is 5.50. The first-order valence-corrected chi connectivity index (χ1v) is 6.17. The lowest BCUT2D eigenvalue weighted by Gasteiger charge is -2.34. The van der Waals surface area contributed by atoms with E-state index in [1.54, 1.807) is 18.2 Å². The summed E-state index contributed by atoms with van der Waals surface area (Å²) in [5.74, 6) is -0.279. The maximum absolute atomic E-state index is 12.4. The van der Waals surface area contributed by atoms with Gasteiger partial charge in [0.05, 0.1) is 17.8 Å². The number of hydrogen-bond donors (Lipinski definition) is 2. The molecular formula is C13H15N3O3. The number of fused-ring (bicyclic) bond motifs is 1. The Morgan fingerprint density at radius 2 is 2.00 bits per heavy atom. The van der Waals surface area contributed by atoms with E-state index in [4.69, 9.17) is 16.2 Å². The summed E-state index contributed by atoms with van der Waals surface area (Å²) in [6.07, 6.45) is 0.514. The third-order valence-electron chi connectivity index (χ3n) is 3.55. The lowest BCUT2D eigenvalue weighted by molar-refractivity contribution is -0.125. The second-order valence-corrected chi connectivity index (χ2v) is 5.05. The maximum Gasteiger partial charge on any atom is 0.260 e. The van der Waals surface area contributed by atoms with Crippen LogP contribution < -0.4 is 21.1 Å². The molecule has 2 aliphatic rings. The summed E-state index contributed by atoms with van der Waals surface area (Å²) in [5.41, 5.74) is 11.1. The number of hydrogen-bond acceptors (Lipinski definition) is 4. The third-order valence-corrected chi connectivity index (χ3v) is 3.55. The smallest absolute Gasteiger partial charge is 0.260 e. The Labute approximate surface area is 110 Å². The Balaban J connectivity index is 1.98. The molecule has 0 bridgehead atoms. The molecule has 1 aromatic rings. The molecule has 4 N–H and O–H groups in total. The van der Waals surface area contributed by atoms with E-state index in [-0.39, 0.29) is 12.5 Å². The lowest BCUT2D eigenvalue weighted by Crippen LogP contribution is -2.54. The van der Waals surface area contributed by atoms with Crippen molar-refractivity contribution in [3.63, 3.8) is 0 Å². The van der Waals surface area contributed by atoms with Crippen LogP contribution in [0.25, 0.3) is 0 Å². The van der Waals surface area contributed by atoms with Gasteiger partial charge in [0.2, 0.25) is 5.91 Å². The monoisotopic (exact) mass is 261 g/mol. The van der Waals surface area contributed by atoms with Gasteiger partial charge in [0.15, 0.2) is 6.10 Å². The second kappa shape index (κ2) is 3.96.